The van der Waals surface area contributed by atoms with Gasteiger partial charge in [0.2, 0.25) is 0 Å². The van der Waals surface area contributed by atoms with Crippen LogP contribution in [0.1, 0.15) is 32.6 Å². The predicted molar refractivity (Wildman–Crippen MR) is 61.7 cm³/mol. The average molecular weight is 270 g/mol. The van der Waals surface area contributed by atoms with Crippen molar-refractivity contribution in [3.05, 3.63) is 24.3 Å². The Morgan fingerprint density at radius 1 is 1.31 bits per heavy atom. The van der Waals surface area contributed by atoms with E-state index in [4.69, 9.17) is 10.5 Å². The summed E-state index contributed by atoms with van der Waals surface area (Å²) in [6, 6.07) is 8.50. The van der Waals surface area contributed by atoms with Crippen LogP contribution in [0.4, 0.5) is 5.69 Å². The molecular weight excluding hydrogens is 252 g/mol. The second-order valence-electron chi connectivity index (χ2n) is 4.48. The van der Waals surface area contributed by atoms with Gasteiger partial charge in [-0.1, -0.05) is 12.6 Å². The van der Waals surface area contributed by atoms with E-state index in [0.29, 0.717) is 11.8 Å². The molecule has 3 heteroatoms. The largest absolute Gasteiger partial charge is 0.516 e. The molecule has 1 fully saturated rings. The van der Waals surface area contributed by atoms with Crippen LogP contribution in [0.25, 0.3) is 0 Å². The molecule has 1 aromatic carbocycles. The summed E-state index contributed by atoms with van der Waals surface area (Å²) < 4.78 is 5.88. The minimum Gasteiger partial charge on any atom is -0.516 e. The molecule has 1 saturated carbocycles. The van der Waals surface area contributed by atoms with Gasteiger partial charge in [-0.25, -0.2) is 0 Å². The Balaban J connectivity index is 0.00000128. The minimum absolute atomic E-state index is 0. The fraction of sp³-hybridized carbons (Fsp3) is 0.538. The minimum atomic E-state index is 0. The number of hydrogen-bond acceptors (Lipinski definition) is 2. The van der Waals surface area contributed by atoms with E-state index >= 15 is 0 Å². The molecule has 16 heavy (non-hydrogen) atoms. The van der Waals surface area contributed by atoms with Gasteiger partial charge in [-0.3, -0.25) is 0 Å². The van der Waals surface area contributed by atoms with Crippen molar-refractivity contribution in [2.75, 3.05) is 5.73 Å². The average Bonchev–Trinajstić information content (AvgIpc) is 2.22. The summed E-state index contributed by atoms with van der Waals surface area (Å²) >= 11 is 0. The molecule has 0 aliphatic heterocycles. The molecule has 2 N–H and O–H groups in total. The van der Waals surface area contributed by atoms with Crippen molar-refractivity contribution in [3.63, 3.8) is 0 Å². The Hall–Kier alpha value is -0.557. The zero-order valence-electron chi connectivity index (χ0n) is 9.91. The van der Waals surface area contributed by atoms with Crippen LogP contribution in [0.3, 0.4) is 0 Å². The number of ether oxygens (including phenoxy) is 1. The fourth-order valence-electron chi connectivity index (χ4n) is 2.08. The summed E-state index contributed by atoms with van der Waals surface area (Å²) in [5.74, 6) is 1.74. The third-order valence-corrected chi connectivity index (χ3v) is 3.06. The Morgan fingerprint density at radius 2 is 2.00 bits per heavy atom. The van der Waals surface area contributed by atoms with Crippen LogP contribution in [0.2, 0.25) is 0 Å². The summed E-state index contributed by atoms with van der Waals surface area (Å²) in [6.45, 7) is 2.31. The van der Waals surface area contributed by atoms with Gasteiger partial charge < -0.3 is 10.5 Å². The van der Waals surface area contributed by atoms with Gasteiger partial charge in [0.25, 0.3) is 0 Å². The number of nitrogens with two attached hydrogens (primary N) is 1. The first-order chi connectivity index (χ1) is 7.24. The molecule has 0 heterocycles. The van der Waals surface area contributed by atoms with E-state index in [9.17, 15) is 0 Å². The molecule has 0 atom stereocenters. The maximum atomic E-state index is 5.88. The Bertz CT molecular complexity index is 321. The van der Waals surface area contributed by atoms with Crippen LogP contribution >= 0.6 is 0 Å². The zero-order valence-corrected chi connectivity index (χ0v) is 12.9. The molecule has 1 aromatic rings. The van der Waals surface area contributed by atoms with Crippen LogP contribution in [0, 0.1) is 12.0 Å². The van der Waals surface area contributed by atoms with Gasteiger partial charge in [-0.05, 0) is 31.6 Å². The van der Waals surface area contributed by atoms with Crippen molar-refractivity contribution < 1.29 is 24.2 Å². The quantitative estimate of drug-likeness (QED) is 0.509. The summed E-state index contributed by atoms with van der Waals surface area (Å²) in [7, 11) is 0. The molecule has 84 valence electrons. The molecule has 1 aliphatic rings. The van der Waals surface area contributed by atoms with Crippen molar-refractivity contribution in [1.82, 2.24) is 0 Å². The summed E-state index contributed by atoms with van der Waals surface area (Å²) in [5, 5.41) is 0. The van der Waals surface area contributed by atoms with Gasteiger partial charge in [-0.2, -0.15) is 12.1 Å². The second kappa shape index (κ2) is 6.25. The first-order valence-electron chi connectivity index (χ1n) is 5.68. The van der Waals surface area contributed by atoms with Crippen LogP contribution in [0.15, 0.2) is 18.2 Å². The van der Waals surface area contributed by atoms with Crippen molar-refractivity contribution in [2.24, 2.45) is 5.92 Å². The molecule has 0 aromatic heterocycles. The van der Waals surface area contributed by atoms with E-state index in [0.717, 1.165) is 11.7 Å². The van der Waals surface area contributed by atoms with E-state index in [1.807, 2.05) is 18.2 Å². The number of rotatable bonds is 2. The van der Waals surface area contributed by atoms with E-state index in [1.54, 1.807) is 0 Å². The zero-order chi connectivity index (χ0) is 10.7. The maximum Gasteiger partial charge on any atom is 0.0956 e. The molecular formula is C13H18NOZn-. The number of nitrogen functional groups attached to an aromatic ring is 1. The van der Waals surface area contributed by atoms with Gasteiger partial charge in [0.1, 0.15) is 0 Å². The first kappa shape index (κ1) is 13.5. The Labute approximate surface area is 110 Å². The smallest absolute Gasteiger partial charge is 0.0956 e. The second-order valence-corrected chi connectivity index (χ2v) is 4.48. The summed E-state index contributed by atoms with van der Waals surface area (Å²) in [6.07, 6.45) is 5.26. The van der Waals surface area contributed by atoms with Crippen molar-refractivity contribution in [2.45, 2.75) is 38.7 Å². The molecule has 1 aliphatic carbocycles. The Kier molecular flexibility index (Phi) is 5.27. The monoisotopic (exact) mass is 268 g/mol. The van der Waals surface area contributed by atoms with Crippen LogP contribution < -0.4 is 10.5 Å². The summed E-state index contributed by atoms with van der Waals surface area (Å²) in [4.78, 5) is 0. The fourth-order valence-corrected chi connectivity index (χ4v) is 2.08. The molecule has 0 spiro atoms. The molecule has 0 saturated heterocycles. The van der Waals surface area contributed by atoms with Gasteiger partial charge in [0, 0.05) is 25.2 Å². The molecule has 0 amide bonds. The standard InChI is InChI=1S/C13H18NO.Zn/c1-10-5-7-12(8-6-10)15-13-4-2-3-11(14)9-13;/h2,4,9-10,12H,5-8,14H2,1H3;/q-1;. The Morgan fingerprint density at radius 3 is 2.62 bits per heavy atom. The number of anilines is 1. The van der Waals surface area contributed by atoms with Crippen molar-refractivity contribution >= 4 is 5.69 Å². The van der Waals surface area contributed by atoms with Crippen molar-refractivity contribution in [1.29, 1.82) is 0 Å². The van der Waals surface area contributed by atoms with Gasteiger partial charge in [0.05, 0.1) is 6.10 Å². The molecule has 2 nitrogen and oxygen atoms in total. The van der Waals surface area contributed by atoms with Gasteiger partial charge in [-0.15, -0.1) is 12.1 Å². The van der Waals surface area contributed by atoms with E-state index in [2.05, 4.69) is 13.0 Å². The molecule has 0 bridgehead atoms. The topological polar surface area (TPSA) is 35.2 Å². The van der Waals surface area contributed by atoms with E-state index in [-0.39, 0.29) is 19.5 Å². The first-order valence-corrected chi connectivity index (χ1v) is 5.68. The third-order valence-electron chi connectivity index (χ3n) is 3.06. The number of hydrogen-bond donors (Lipinski definition) is 1. The SMILES string of the molecule is CC1CCC(Oc2cc[c-]c(N)c2)CC1.[Zn]. The van der Waals surface area contributed by atoms with E-state index in [1.165, 1.54) is 25.7 Å². The van der Waals surface area contributed by atoms with E-state index < -0.39 is 0 Å². The van der Waals surface area contributed by atoms with Gasteiger partial charge >= 0.3 is 0 Å². The number of benzene rings is 1. The van der Waals surface area contributed by atoms with Crippen LogP contribution in [0.5, 0.6) is 5.75 Å². The molecule has 0 unspecified atom stereocenters. The normalized spacial score (nSPS) is 24.6. The molecule has 2 rings (SSSR count). The van der Waals surface area contributed by atoms with Crippen LogP contribution in [-0.4, -0.2) is 6.10 Å². The van der Waals surface area contributed by atoms with Gasteiger partial charge in [0.15, 0.2) is 0 Å². The third kappa shape index (κ3) is 3.79. The summed E-state index contributed by atoms with van der Waals surface area (Å²) in [5.41, 5.74) is 6.30. The van der Waals surface area contributed by atoms with Crippen LogP contribution in [-0.2, 0) is 19.5 Å². The van der Waals surface area contributed by atoms with Crippen molar-refractivity contribution in [3.8, 4) is 5.75 Å². The maximum absolute atomic E-state index is 5.88. The predicted octanol–water partition coefficient (Wildman–Crippen LogP) is 3.02. The molecule has 0 radical (unpaired) electrons.